The lowest BCUT2D eigenvalue weighted by Crippen LogP contribution is -2.46. The Morgan fingerprint density at radius 1 is 1.25 bits per heavy atom. The molecule has 0 aliphatic carbocycles. The molecule has 134 valence electrons. The molecule has 1 saturated heterocycles. The Kier molecular flexibility index (Phi) is 6.81. The highest BCUT2D eigenvalue weighted by Crippen LogP contribution is 2.21. The Morgan fingerprint density at radius 2 is 1.92 bits per heavy atom. The minimum absolute atomic E-state index is 0.117. The van der Waals surface area contributed by atoms with E-state index in [4.69, 9.17) is 5.73 Å². The van der Waals surface area contributed by atoms with E-state index in [2.05, 4.69) is 49.1 Å². The molecule has 4 nitrogen and oxygen atoms in total. The van der Waals surface area contributed by atoms with E-state index in [-0.39, 0.29) is 17.9 Å². The van der Waals surface area contributed by atoms with Crippen molar-refractivity contribution in [3.05, 3.63) is 35.9 Å². The molecule has 1 amide bonds. The van der Waals surface area contributed by atoms with Crippen molar-refractivity contribution in [1.82, 2.24) is 9.80 Å². The highest BCUT2D eigenvalue weighted by molar-refractivity contribution is 5.82. The molecule has 2 rings (SSSR count). The van der Waals surface area contributed by atoms with E-state index in [0.29, 0.717) is 12.0 Å². The summed E-state index contributed by atoms with van der Waals surface area (Å²) >= 11 is 0. The molecule has 0 unspecified atom stereocenters. The first-order valence-electron chi connectivity index (χ1n) is 9.20. The van der Waals surface area contributed by atoms with Gasteiger partial charge in [0.2, 0.25) is 5.91 Å². The Balaban J connectivity index is 1.91. The first kappa shape index (κ1) is 18.9. The van der Waals surface area contributed by atoms with Crippen molar-refractivity contribution < 1.29 is 4.79 Å². The molecule has 1 heterocycles. The fourth-order valence-corrected chi connectivity index (χ4v) is 3.29. The molecule has 0 spiro atoms. The third kappa shape index (κ3) is 5.05. The number of rotatable bonds is 7. The summed E-state index contributed by atoms with van der Waals surface area (Å²) < 4.78 is 0. The fourth-order valence-electron chi connectivity index (χ4n) is 3.29. The van der Waals surface area contributed by atoms with Crippen molar-refractivity contribution in [2.45, 2.75) is 52.7 Å². The topological polar surface area (TPSA) is 49.6 Å². The highest BCUT2D eigenvalue weighted by atomic mass is 16.2. The maximum Gasteiger partial charge on any atom is 0.239 e. The van der Waals surface area contributed by atoms with Gasteiger partial charge in [-0.05, 0) is 37.7 Å². The summed E-state index contributed by atoms with van der Waals surface area (Å²) in [6, 6.07) is 10.7. The van der Waals surface area contributed by atoms with Gasteiger partial charge in [0, 0.05) is 32.2 Å². The summed E-state index contributed by atoms with van der Waals surface area (Å²) in [6.45, 7) is 12.2. The van der Waals surface area contributed by atoms with E-state index >= 15 is 0 Å². The number of carbonyl (C=O) groups excluding carboxylic acids is 1. The molecule has 1 aromatic rings. The average Bonchev–Trinajstić information content (AvgIpc) is 3.02. The number of carbonyl (C=O) groups is 1. The molecule has 1 aliphatic heterocycles. The van der Waals surface area contributed by atoms with Crippen LogP contribution in [0.4, 0.5) is 0 Å². The second-order valence-electron chi connectivity index (χ2n) is 7.72. The smallest absolute Gasteiger partial charge is 0.239 e. The van der Waals surface area contributed by atoms with Crippen LogP contribution in [-0.4, -0.2) is 47.4 Å². The molecule has 0 radical (unpaired) electrons. The number of benzene rings is 1. The lowest BCUT2D eigenvalue weighted by atomic mass is 10.0. The Morgan fingerprint density at radius 3 is 2.50 bits per heavy atom. The van der Waals surface area contributed by atoms with Gasteiger partial charge in [0.25, 0.3) is 0 Å². The maximum atomic E-state index is 12.4. The Labute approximate surface area is 147 Å². The molecule has 2 N–H and O–H groups in total. The Bertz CT molecular complexity index is 515. The zero-order chi connectivity index (χ0) is 17.7. The zero-order valence-corrected chi connectivity index (χ0v) is 15.6. The predicted molar refractivity (Wildman–Crippen MR) is 99.5 cm³/mol. The largest absolute Gasteiger partial charge is 0.341 e. The van der Waals surface area contributed by atoms with Crippen LogP contribution < -0.4 is 5.73 Å². The molecule has 1 fully saturated rings. The summed E-state index contributed by atoms with van der Waals surface area (Å²) in [4.78, 5) is 16.9. The van der Waals surface area contributed by atoms with Gasteiger partial charge in [-0.25, -0.2) is 0 Å². The predicted octanol–water partition coefficient (Wildman–Crippen LogP) is 2.73. The van der Waals surface area contributed by atoms with Crippen molar-refractivity contribution in [2.75, 3.05) is 19.6 Å². The van der Waals surface area contributed by atoms with Gasteiger partial charge in [-0.15, -0.1) is 0 Å². The molecular weight excluding hydrogens is 298 g/mol. The van der Waals surface area contributed by atoms with Crippen LogP contribution in [0.25, 0.3) is 0 Å². The number of likely N-dealkylation sites (tertiary alicyclic amines) is 1. The fraction of sp³-hybridized carbons (Fsp3) is 0.650. The van der Waals surface area contributed by atoms with Crippen molar-refractivity contribution in [3.63, 3.8) is 0 Å². The van der Waals surface area contributed by atoms with Crippen LogP contribution >= 0.6 is 0 Å². The van der Waals surface area contributed by atoms with Crippen LogP contribution in [0, 0.1) is 11.8 Å². The summed E-state index contributed by atoms with van der Waals surface area (Å²) in [7, 11) is 0. The summed E-state index contributed by atoms with van der Waals surface area (Å²) in [6.07, 6.45) is 1.08. The number of hydrogen-bond donors (Lipinski definition) is 1. The third-order valence-corrected chi connectivity index (χ3v) is 5.05. The second-order valence-corrected chi connectivity index (χ2v) is 7.72. The monoisotopic (exact) mass is 331 g/mol. The molecule has 1 aliphatic rings. The van der Waals surface area contributed by atoms with Gasteiger partial charge in [-0.3, -0.25) is 9.69 Å². The first-order valence-corrected chi connectivity index (χ1v) is 9.20. The summed E-state index contributed by atoms with van der Waals surface area (Å²) in [5, 5.41) is 0. The zero-order valence-electron chi connectivity index (χ0n) is 15.6. The molecule has 4 heteroatoms. The molecular formula is C20H33N3O. The van der Waals surface area contributed by atoms with Gasteiger partial charge < -0.3 is 10.6 Å². The van der Waals surface area contributed by atoms with E-state index in [1.165, 1.54) is 5.56 Å². The maximum absolute atomic E-state index is 12.4. The van der Waals surface area contributed by atoms with Crippen LogP contribution in [0.5, 0.6) is 0 Å². The van der Waals surface area contributed by atoms with Crippen LogP contribution in [0.3, 0.4) is 0 Å². The van der Waals surface area contributed by atoms with Gasteiger partial charge in [0.15, 0.2) is 0 Å². The van der Waals surface area contributed by atoms with Gasteiger partial charge in [-0.1, -0.05) is 44.2 Å². The van der Waals surface area contributed by atoms with Crippen LogP contribution in [-0.2, 0) is 11.3 Å². The molecule has 0 saturated carbocycles. The molecule has 24 heavy (non-hydrogen) atoms. The van der Waals surface area contributed by atoms with Gasteiger partial charge in [0.05, 0.1) is 6.04 Å². The average molecular weight is 332 g/mol. The molecule has 2 atom stereocenters. The van der Waals surface area contributed by atoms with Crippen LogP contribution in [0.2, 0.25) is 0 Å². The van der Waals surface area contributed by atoms with Gasteiger partial charge in [-0.2, -0.15) is 0 Å². The van der Waals surface area contributed by atoms with E-state index in [1.807, 2.05) is 18.7 Å². The normalized spacial score (nSPS) is 19.5. The van der Waals surface area contributed by atoms with Gasteiger partial charge >= 0.3 is 0 Å². The third-order valence-electron chi connectivity index (χ3n) is 5.05. The summed E-state index contributed by atoms with van der Waals surface area (Å²) in [5.74, 6) is 0.855. The Hall–Kier alpha value is -1.39. The second kappa shape index (κ2) is 8.63. The van der Waals surface area contributed by atoms with E-state index in [9.17, 15) is 4.79 Å². The van der Waals surface area contributed by atoms with E-state index < -0.39 is 0 Å². The number of nitrogens with two attached hydrogens (primary N) is 1. The van der Waals surface area contributed by atoms with Gasteiger partial charge in [0.1, 0.15) is 0 Å². The minimum Gasteiger partial charge on any atom is -0.341 e. The lowest BCUT2D eigenvalue weighted by Gasteiger charge is -2.29. The van der Waals surface area contributed by atoms with Crippen molar-refractivity contribution >= 4 is 5.91 Å². The van der Waals surface area contributed by atoms with E-state index in [1.54, 1.807) is 0 Å². The molecule has 0 aromatic heterocycles. The molecule has 0 bridgehead atoms. The van der Waals surface area contributed by atoms with Crippen LogP contribution in [0.15, 0.2) is 30.3 Å². The van der Waals surface area contributed by atoms with E-state index in [0.717, 1.165) is 32.6 Å². The first-order chi connectivity index (χ1) is 11.4. The van der Waals surface area contributed by atoms with Crippen LogP contribution in [0.1, 0.15) is 39.7 Å². The quantitative estimate of drug-likeness (QED) is 0.836. The number of hydrogen-bond acceptors (Lipinski definition) is 3. The minimum atomic E-state index is -0.366. The molecule has 1 aromatic carbocycles. The number of nitrogens with zero attached hydrogens (tertiary/aromatic N) is 2. The standard InChI is InChI=1S/C20H33N3O/c1-15(2)19(21)20(24)22-11-10-18(13-22)14-23(16(3)4)12-17-8-6-5-7-9-17/h5-9,15-16,18-19H,10-14,21H2,1-4H3/t18-,19+/m1/s1. The summed E-state index contributed by atoms with van der Waals surface area (Å²) in [5.41, 5.74) is 7.38. The number of amides is 1. The highest BCUT2D eigenvalue weighted by Gasteiger charge is 2.31. The SMILES string of the molecule is CC(C)[C@H](N)C(=O)N1CC[C@@H](CN(Cc2ccccc2)C(C)C)C1. The van der Waals surface area contributed by atoms with Crippen molar-refractivity contribution in [3.8, 4) is 0 Å². The van der Waals surface area contributed by atoms with Crippen molar-refractivity contribution in [2.24, 2.45) is 17.6 Å². The van der Waals surface area contributed by atoms with Crippen molar-refractivity contribution in [1.29, 1.82) is 0 Å². The lowest BCUT2D eigenvalue weighted by molar-refractivity contribution is -0.132.